The van der Waals surface area contributed by atoms with Crippen LogP contribution in [-0.2, 0) is 0 Å². The average Bonchev–Trinajstić information content (AvgIpc) is 3.35. The van der Waals surface area contributed by atoms with Gasteiger partial charge in [0, 0.05) is 39.3 Å². The summed E-state index contributed by atoms with van der Waals surface area (Å²) < 4.78 is 10.9. The van der Waals surface area contributed by atoms with E-state index in [1.807, 2.05) is 6.07 Å². The lowest BCUT2D eigenvalue weighted by Crippen LogP contribution is -2.47. The maximum atomic E-state index is 11.6. The summed E-state index contributed by atoms with van der Waals surface area (Å²) in [5.41, 5.74) is 1.22. The van der Waals surface area contributed by atoms with E-state index in [0.29, 0.717) is 17.8 Å². The molecule has 138 valence electrons. The number of carbonyl (C=O) groups is 1. The molecule has 0 spiro atoms. The van der Waals surface area contributed by atoms with Gasteiger partial charge in [-0.15, -0.1) is 10.2 Å². The number of rotatable bonds is 4. The van der Waals surface area contributed by atoms with Gasteiger partial charge in [-0.3, -0.25) is 9.69 Å². The second-order valence-corrected chi connectivity index (χ2v) is 7.24. The molecule has 0 saturated carbocycles. The number of piperazine rings is 1. The first kappa shape index (κ1) is 17.0. The molecule has 3 heterocycles. The van der Waals surface area contributed by atoms with E-state index in [1.54, 1.807) is 7.05 Å². The summed E-state index contributed by atoms with van der Waals surface area (Å²) in [5, 5.41) is 11.9. The third-order valence-electron chi connectivity index (χ3n) is 4.85. The molecule has 0 aliphatic carbocycles. The number of ether oxygens (including phenoxy) is 2. The van der Waals surface area contributed by atoms with Crippen LogP contribution in [0.1, 0.15) is 28.3 Å². The van der Waals surface area contributed by atoms with Gasteiger partial charge in [-0.1, -0.05) is 17.4 Å². The standard InChI is InChI=1S/C17H21N5O3S/c1-11(12-3-4-13-14(9-12)25-10-24-13)21-5-7-22(8-6-21)17-20-19-16(26-17)15(23)18-2/h3-4,9,11H,5-8,10H2,1-2H3,(H,18,23)/t11-/m1/s1. The SMILES string of the molecule is CNC(=O)c1nnc(N2CCN([C@H](C)c3ccc4c(c3)OCO4)CC2)s1. The molecule has 0 bridgehead atoms. The van der Waals surface area contributed by atoms with Crippen molar-refractivity contribution in [1.82, 2.24) is 20.4 Å². The van der Waals surface area contributed by atoms with Crippen molar-refractivity contribution in [2.45, 2.75) is 13.0 Å². The summed E-state index contributed by atoms with van der Waals surface area (Å²) in [5.74, 6) is 1.45. The number of nitrogens with one attached hydrogen (secondary N) is 1. The molecule has 1 amide bonds. The van der Waals surface area contributed by atoms with E-state index in [4.69, 9.17) is 9.47 Å². The van der Waals surface area contributed by atoms with Gasteiger partial charge >= 0.3 is 0 Å². The van der Waals surface area contributed by atoms with Crippen LogP contribution in [0.5, 0.6) is 11.5 Å². The topological polar surface area (TPSA) is 79.8 Å². The van der Waals surface area contributed by atoms with Gasteiger partial charge in [0.2, 0.25) is 16.9 Å². The number of anilines is 1. The Morgan fingerprint density at radius 3 is 2.73 bits per heavy atom. The summed E-state index contributed by atoms with van der Waals surface area (Å²) in [6.07, 6.45) is 0. The lowest BCUT2D eigenvalue weighted by Gasteiger charge is -2.38. The monoisotopic (exact) mass is 375 g/mol. The maximum Gasteiger partial charge on any atom is 0.282 e. The molecule has 0 unspecified atom stereocenters. The third kappa shape index (κ3) is 3.19. The highest BCUT2D eigenvalue weighted by atomic mass is 32.1. The molecule has 4 rings (SSSR count). The van der Waals surface area contributed by atoms with Gasteiger partial charge < -0.3 is 19.7 Å². The van der Waals surface area contributed by atoms with Crippen molar-refractivity contribution < 1.29 is 14.3 Å². The Hall–Kier alpha value is -2.39. The van der Waals surface area contributed by atoms with Gasteiger partial charge in [0.25, 0.3) is 5.91 Å². The number of hydrogen-bond donors (Lipinski definition) is 1. The van der Waals surface area contributed by atoms with Gasteiger partial charge in [-0.05, 0) is 24.6 Å². The maximum absolute atomic E-state index is 11.6. The minimum Gasteiger partial charge on any atom is -0.454 e. The highest BCUT2D eigenvalue weighted by Crippen LogP contribution is 2.35. The quantitative estimate of drug-likeness (QED) is 0.868. The molecule has 2 aliphatic heterocycles. The van der Waals surface area contributed by atoms with Crippen LogP contribution in [0, 0.1) is 0 Å². The second-order valence-electron chi connectivity index (χ2n) is 6.28. The van der Waals surface area contributed by atoms with E-state index in [1.165, 1.54) is 16.9 Å². The second kappa shape index (κ2) is 7.08. The molecule has 1 atom stereocenters. The molecule has 2 aliphatic rings. The number of aromatic nitrogens is 2. The van der Waals surface area contributed by atoms with Crippen LogP contribution in [0.25, 0.3) is 0 Å². The van der Waals surface area contributed by atoms with Crippen LogP contribution < -0.4 is 19.7 Å². The predicted molar refractivity (Wildman–Crippen MR) is 98.1 cm³/mol. The Kier molecular flexibility index (Phi) is 4.64. The van der Waals surface area contributed by atoms with E-state index >= 15 is 0 Å². The van der Waals surface area contributed by atoms with Crippen LogP contribution >= 0.6 is 11.3 Å². The van der Waals surface area contributed by atoms with Gasteiger partial charge in [0.15, 0.2) is 11.5 Å². The number of amides is 1. The lowest BCUT2D eigenvalue weighted by atomic mass is 10.1. The number of nitrogens with zero attached hydrogens (tertiary/aromatic N) is 4. The minimum atomic E-state index is -0.191. The largest absolute Gasteiger partial charge is 0.454 e. The van der Waals surface area contributed by atoms with E-state index in [-0.39, 0.29) is 5.91 Å². The van der Waals surface area contributed by atoms with Crippen LogP contribution in [0.3, 0.4) is 0 Å². The predicted octanol–water partition coefficient (Wildman–Crippen LogP) is 1.51. The van der Waals surface area contributed by atoms with Crippen LogP contribution in [0.4, 0.5) is 5.13 Å². The van der Waals surface area contributed by atoms with Crippen molar-refractivity contribution in [3.05, 3.63) is 28.8 Å². The van der Waals surface area contributed by atoms with Crippen LogP contribution in [0.15, 0.2) is 18.2 Å². The van der Waals surface area contributed by atoms with Crippen molar-refractivity contribution in [1.29, 1.82) is 0 Å². The molecule has 1 fully saturated rings. The fraction of sp³-hybridized carbons (Fsp3) is 0.471. The molecule has 1 N–H and O–H groups in total. The Morgan fingerprint density at radius 1 is 1.19 bits per heavy atom. The average molecular weight is 375 g/mol. The Balaban J connectivity index is 1.38. The highest BCUT2D eigenvalue weighted by Gasteiger charge is 2.26. The first-order valence-corrected chi connectivity index (χ1v) is 9.41. The fourth-order valence-corrected chi connectivity index (χ4v) is 4.07. The summed E-state index contributed by atoms with van der Waals surface area (Å²) in [7, 11) is 1.60. The zero-order valence-electron chi connectivity index (χ0n) is 14.8. The van der Waals surface area contributed by atoms with Gasteiger partial charge in [-0.25, -0.2) is 0 Å². The van der Waals surface area contributed by atoms with E-state index < -0.39 is 0 Å². The molecule has 1 aromatic carbocycles. The number of benzene rings is 1. The lowest BCUT2D eigenvalue weighted by molar-refractivity contribution is 0.0962. The normalized spacial score (nSPS) is 18.0. The molecular formula is C17H21N5O3S. The zero-order valence-corrected chi connectivity index (χ0v) is 15.6. The number of carbonyl (C=O) groups excluding carboxylic acids is 1. The van der Waals surface area contributed by atoms with E-state index in [0.717, 1.165) is 42.8 Å². The highest BCUT2D eigenvalue weighted by molar-refractivity contribution is 7.17. The molecule has 0 radical (unpaired) electrons. The number of hydrogen-bond acceptors (Lipinski definition) is 8. The Labute approximate surface area is 155 Å². The van der Waals surface area contributed by atoms with Gasteiger partial charge in [-0.2, -0.15) is 0 Å². The molecule has 26 heavy (non-hydrogen) atoms. The first-order chi connectivity index (χ1) is 12.7. The molecule has 1 saturated heterocycles. The molecular weight excluding hydrogens is 354 g/mol. The van der Waals surface area contributed by atoms with Gasteiger partial charge in [0.1, 0.15) is 0 Å². The van der Waals surface area contributed by atoms with Crippen LogP contribution in [0.2, 0.25) is 0 Å². The molecule has 2 aromatic rings. The van der Waals surface area contributed by atoms with Crippen molar-refractivity contribution in [2.24, 2.45) is 0 Å². The minimum absolute atomic E-state index is 0.191. The third-order valence-corrected chi connectivity index (χ3v) is 5.83. The molecule has 1 aromatic heterocycles. The summed E-state index contributed by atoms with van der Waals surface area (Å²) in [6.45, 7) is 6.07. The zero-order chi connectivity index (χ0) is 18.1. The summed E-state index contributed by atoms with van der Waals surface area (Å²) in [4.78, 5) is 16.3. The van der Waals surface area contributed by atoms with E-state index in [2.05, 4.69) is 44.4 Å². The summed E-state index contributed by atoms with van der Waals surface area (Å²) >= 11 is 1.33. The van der Waals surface area contributed by atoms with Gasteiger partial charge in [0.05, 0.1) is 0 Å². The van der Waals surface area contributed by atoms with Crippen molar-refractivity contribution in [3.63, 3.8) is 0 Å². The van der Waals surface area contributed by atoms with E-state index in [9.17, 15) is 4.79 Å². The number of fused-ring (bicyclic) bond motifs is 1. The summed E-state index contributed by atoms with van der Waals surface area (Å²) in [6, 6.07) is 6.44. The molecule has 8 nitrogen and oxygen atoms in total. The van der Waals surface area contributed by atoms with Crippen LogP contribution in [-0.4, -0.2) is 61.0 Å². The smallest absolute Gasteiger partial charge is 0.282 e. The Bertz CT molecular complexity index is 803. The first-order valence-electron chi connectivity index (χ1n) is 8.60. The Morgan fingerprint density at radius 2 is 1.96 bits per heavy atom. The molecule has 9 heteroatoms. The van der Waals surface area contributed by atoms with Crippen molar-refractivity contribution >= 4 is 22.4 Å². The van der Waals surface area contributed by atoms with Crippen molar-refractivity contribution in [2.75, 3.05) is 44.9 Å². The van der Waals surface area contributed by atoms with Crippen molar-refractivity contribution in [3.8, 4) is 11.5 Å². The fourth-order valence-electron chi connectivity index (χ4n) is 3.23.